The number of aryl methyl sites for hydroxylation is 2. The predicted octanol–water partition coefficient (Wildman–Crippen LogP) is 1.93. The predicted molar refractivity (Wildman–Crippen MR) is 68.8 cm³/mol. The Kier molecular flexibility index (Phi) is 3.88. The molecule has 2 N–H and O–H groups in total. The van der Waals surface area contributed by atoms with E-state index in [1.54, 1.807) is 12.4 Å². The van der Waals surface area contributed by atoms with Gasteiger partial charge in [-0.2, -0.15) is 0 Å². The van der Waals surface area contributed by atoms with Crippen LogP contribution in [0.3, 0.4) is 0 Å². The second-order valence-corrected chi connectivity index (χ2v) is 4.10. The van der Waals surface area contributed by atoms with E-state index in [4.69, 9.17) is 0 Å². The number of nitrogens with one attached hydrogen (secondary N) is 2. The molecule has 0 saturated carbocycles. The van der Waals surface area contributed by atoms with Gasteiger partial charge in [-0.1, -0.05) is 0 Å². The molecule has 0 atom stereocenters. The molecule has 0 aromatic carbocycles. The van der Waals surface area contributed by atoms with Gasteiger partial charge in [0.1, 0.15) is 5.82 Å². The van der Waals surface area contributed by atoms with E-state index < -0.39 is 0 Å². The summed E-state index contributed by atoms with van der Waals surface area (Å²) in [5.74, 6) is 1.06. The fraction of sp³-hybridized carbons (Fsp3) is 0.385. The van der Waals surface area contributed by atoms with Crippen molar-refractivity contribution < 1.29 is 0 Å². The number of hydrogen-bond donors (Lipinski definition) is 2. The second kappa shape index (κ2) is 5.59. The molecule has 0 fully saturated rings. The second-order valence-electron chi connectivity index (χ2n) is 4.10. The summed E-state index contributed by atoms with van der Waals surface area (Å²) in [5, 5.41) is 3.14. The zero-order valence-corrected chi connectivity index (χ0v) is 10.3. The summed E-state index contributed by atoms with van der Waals surface area (Å²) in [4.78, 5) is 12.0. The smallest absolute Gasteiger partial charge is 0.107 e. The number of aromatic amines is 1. The van der Waals surface area contributed by atoms with Crippen LogP contribution in [0.1, 0.15) is 17.9 Å². The molecule has 17 heavy (non-hydrogen) atoms. The molecular formula is C13H18N4. The third-order valence-corrected chi connectivity index (χ3v) is 2.73. The molecule has 0 unspecified atom stereocenters. The van der Waals surface area contributed by atoms with Crippen molar-refractivity contribution in [2.45, 2.75) is 19.8 Å². The summed E-state index contributed by atoms with van der Waals surface area (Å²) in [6.45, 7) is 3.08. The Morgan fingerprint density at radius 1 is 1.29 bits per heavy atom. The molecule has 2 heterocycles. The van der Waals surface area contributed by atoms with E-state index in [-0.39, 0.29) is 0 Å². The van der Waals surface area contributed by atoms with Crippen LogP contribution in [-0.4, -0.2) is 28.5 Å². The third kappa shape index (κ3) is 2.91. The maximum atomic E-state index is 4.64. The molecule has 2 aromatic heterocycles. The first-order valence-corrected chi connectivity index (χ1v) is 5.91. The van der Waals surface area contributed by atoms with E-state index in [1.165, 1.54) is 0 Å². The van der Waals surface area contributed by atoms with Gasteiger partial charge in [-0.15, -0.1) is 0 Å². The van der Waals surface area contributed by atoms with Crippen LogP contribution in [-0.2, 0) is 6.42 Å². The molecule has 0 amide bonds. The van der Waals surface area contributed by atoms with Gasteiger partial charge in [-0.05, 0) is 39.1 Å². The zero-order chi connectivity index (χ0) is 12.1. The van der Waals surface area contributed by atoms with E-state index in [2.05, 4.69) is 27.2 Å². The summed E-state index contributed by atoms with van der Waals surface area (Å²) in [6, 6.07) is 3.97. The lowest BCUT2D eigenvalue weighted by Crippen LogP contribution is -2.08. The molecule has 4 nitrogen and oxygen atoms in total. The van der Waals surface area contributed by atoms with Crippen molar-refractivity contribution in [2.75, 3.05) is 13.6 Å². The van der Waals surface area contributed by atoms with Crippen molar-refractivity contribution in [3.05, 3.63) is 36.0 Å². The molecular weight excluding hydrogens is 212 g/mol. The Morgan fingerprint density at radius 2 is 2.06 bits per heavy atom. The van der Waals surface area contributed by atoms with E-state index in [0.717, 1.165) is 42.2 Å². The Bertz CT molecular complexity index is 462. The summed E-state index contributed by atoms with van der Waals surface area (Å²) in [5.41, 5.74) is 3.27. The Morgan fingerprint density at radius 3 is 2.76 bits per heavy atom. The molecule has 0 bridgehead atoms. The molecule has 4 heteroatoms. The molecule has 0 spiro atoms. The van der Waals surface area contributed by atoms with Crippen molar-refractivity contribution in [2.24, 2.45) is 0 Å². The van der Waals surface area contributed by atoms with Gasteiger partial charge in [-0.25, -0.2) is 4.98 Å². The van der Waals surface area contributed by atoms with Crippen molar-refractivity contribution in [3.8, 4) is 11.3 Å². The highest BCUT2D eigenvalue weighted by molar-refractivity contribution is 5.60. The highest BCUT2D eigenvalue weighted by Gasteiger charge is 2.08. The van der Waals surface area contributed by atoms with Crippen LogP contribution in [0.4, 0.5) is 0 Å². The average molecular weight is 230 g/mol. The minimum absolute atomic E-state index is 0.979. The van der Waals surface area contributed by atoms with E-state index >= 15 is 0 Å². The van der Waals surface area contributed by atoms with Crippen LogP contribution in [0.5, 0.6) is 0 Å². The van der Waals surface area contributed by atoms with Crippen molar-refractivity contribution >= 4 is 0 Å². The first kappa shape index (κ1) is 11.8. The maximum absolute atomic E-state index is 4.64. The number of pyridine rings is 1. The highest BCUT2D eigenvalue weighted by atomic mass is 14.9. The normalized spacial score (nSPS) is 10.7. The van der Waals surface area contributed by atoms with Gasteiger partial charge in [-0.3, -0.25) is 4.98 Å². The molecule has 0 aliphatic rings. The van der Waals surface area contributed by atoms with E-state index in [1.807, 2.05) is 19.2 Å². The van der Waals surface area contributed by atoms with Crippen LogP contribution < -0.4 is 5.32 Å². The van der Waals surface area contributed by atoms with Gasteiger partial charge < -0.3 is 10.3 Å². The van der Waals surface area contributed by atoms with Crippen LogP contribution in [0, 0.1) is 6.92 Å². The molecule has 0 saturated heterocycles. The Hall–Kier alpha value is -1.68. The van der Waals surface area contributed by atoms with Crippen molar-refractivity contribution in [3.63, 3.8) is 0 Å². The van der Waals surface area contributed by atoms with Gasteiger partial charge in [0.2, 0.25) is 0 Å². The first-order valence-electron chi connectivity index (χ1n) is 5.91. The lowest BCUT2D eigenvalue weighted by Gasteiger charge is -1.96. The third-order valence-electron chi connectivity index (χ3n) is 2.73. The quantitative estimate of drug-likeness (QED) is 0.772. The molecule has 0 aliphatic carbocycles. The molecule has 0 radical (unpaired) electrons. The number of nitrogens with zero attached hydrogens (tertiary/aromatic N) is 2. The summed E-state index contributed by atoms with van der Waals surface area (Å²) < 4.78 is 0. The topological polar surface area (TPSA) is 53.6 Å². The Labute approximate surface area is 102 Å². The van der Waals surface area contributed by atoms with Gasteiger partial charge >= 0.3 is 0 Å². The molecule has 2 rings (SSSR count). The van der Waals surface area contributed by atoms with Gasteiger partial charge in [0.05, 0.1) is 5.69 Å². The number of imidazole rings is 1. The fourth-order valence-corrected chi connectivity index (χ4v) is 1.86. The van der Waals surface area contributed by atoms with Gasteiger partial charge in [0.15, 0.2) is 0 Å². The largest absolute Gasteiger partial charge is 0.346 e. The lowest BCUT2D eigenvalue weighted by molar-refractivity contribution is 0.707. The molecule has 90 valence electrons. The molecule has 0 aliphatic heterocycles. The van der Waals surface area contributed by atoms with E-state index in [0.29, 0.717) is 0 Å². The zero-order valence-electron chi connectivity index (χ0n) is 10.3. The number of rotatable bonds is 5. The summed E-state index contributed by atoms with van der Waals surface area (Å²) in [6.07, 6.45) is 5.67. The van der Waals surface area contributed by atoms with Gasteiger partial charge in [0, 0.05) is 30.1 Å². The van der Waals surface area contributed by atoms with E-state index in [9.17, 15) is 0 Å². The number of H-pyrrole nitrogens is 1. The van der Waals surface area contributed by atoms with Gasteiger partial charge in [0.25, 0.3) is 0 Å². The SMILES string of the molecule is CNCCCc1nc(-c2ccncc2)c(C)[nH]1. The maximum Gasteiger partial charge on any atom is 0.107 e. The first-order chi connectivity index (χ1) is 8.31. The minimum Gasteiger partial charge on any atom is -0.346 e. The average Bonchev–Trinajstić information content (AvgIpc) is 2.72. The van der Waals surface area contributed by atoms with Crippen LogP contribution in [0.15, 0.2) is 24.5 Å². The summed E-state index contributed by atoms with van der Waals surface area (Å²) in [7, 11) is 1.97. The summed E-state index contributed by atoms with van der Waals surface area (Å²) >= 11 is 0. The van der Waals surface area contributed by atoms with Crippen LogP contribution in [0.2, 0.25) is 0 Å². The van der Waals surface area contributed by atoms with Crippen LogP contribution in [0.25, 0.3) is 11.3 Å². The lowest BCUT2D eigenvalue weighted by atomic mass is 10.2. The highest BCUT2D eigenvalue weighted by Crippen LogP contribution is 2.20. The van der Waals surface area contributed by atoms with Crippen molar-refractivity contribution in [1.82, 2.24) is 20.3 Å². The minimum atomic E-state index is 0.979. The fourth-order valence-electron chi connectivity index (χ4n) is 1.86. The number of hydrogen-bond acceptors (Lipinski definition) is 3. The molecule has 2 aromatic rings. The number of aromatic nitrogens is 3. The monoisotopic (exact) mass is 230 g/mol. The Balaban J connectivity index is 2.14. The van der Waals surface area contributed by atoms with Crippen molar-refractivity contribution in [1.29, 1.82) is 0 Å². The van der Waals surface area contributed by atoms with Crippen LogP contribution >= 0.6 is 0 Å². The standard InChI is InChI=1S/C13H18N4/c1-10-13(11-5-8-15-9-6-11)17-12(16-10)4-3-7-14-2/h5-6,8-9,14H,3-4,7H2,1-2H3,(H,16,17).